The molecule has 1 rings (SSSR count). The number of carbonyl (C=O) groups is 1. The van der Waals surface area contributed by atoms with Crippen LogP contribution < -0.4 is 10.0 Å². The van der Waals surface area contributed by atoms with Crippen LogP contribution in [0.25, 0.3) is 0 Å². The van der Waals surface area contributed by atoms with Crippen LogP contribution in [-0.2, 0) is 10.0 Å². The van der Waals surface area contributed by atoms with Gasteiger partial charge in [-0.25, -0.2) is 13.1 Å². The van der Waals surface area contributed by atoms with Gasteiger partial charge >= 0.3 is 0 Å². The molecule has 0 bridgehead atoms. The van der Waals surface area contributed by atoms with Crippen LogP contribution in [0, 0.1) is 5.92 Å². The van der Waals surface area contributed by atoms with Crippen molar-refractivity contribution in [1.29, 1.82) is 0 Å². The highest BCUT2D eigenvalue weighted by Crippen LogP contribution is 2.20. The van der Waals surface area contributed by atoms with Crippen molar-refractivity contribution in [3.63, 3.8) is 0 Å². The van der Waals surface area contributed by atoms with Gasteiger partial charge in [0, 0.05) is 6.54 Å². The zero-order valence-corrected chi connectivity index (χ0v) is 13.3. The molecule has 0 saturated carbocycles. The van der Waals surface area contributed by atoms with Gasteiger partial charge in [0.05, 0.1) is 15.5 Å². The van der Waals surface area contributed by atoms with Gasteiger partial charge in [0.25, 0.3) is 5.91 Å². The summed E-state index contributed by atoms with van der Waals surface area (Å²) in [6.07, 6.45) is 0.845. The molecule has 0 atom stereocenters. The van der Waals surface area contributed by atoms with Crippen molar-refractivity contribution in [2.45, 2.75) is 25.2 Å². The number of hydrogen-bond donors (Lipinski definition) is 2. The number of benzene rings is 1. The lowest BCUT2D eigenvalue weighted by atomic mass is 10.1. The van der Waals surface area contributed by atoms with E-state index in [0.29, 0.717) is 12.5 Å². The van der Waals surface area contributed by atoms with E-state index in [1.54, 1.807) is 0 Å². The molecule has 112 valence electrons. The van der Waals surface area contributed by atoms with Gasteiger partial charge < -0.3 is 5.32 Å². The molecule has 0 fully saturated rings. The van der Waals surface area contributed by atoms with Crippen molar-refractivity contribution >= 4 is 27.5 Å². The average Bonchev–Trinajstić information content (AvgIpc) is 2.38. The fraction of sp³-hybridized carbons (Fsp3) is 0.462. The van der Waals surface area contributed by atoms with Gasteiger partial charge in [-0.15, -0.1) is 0 Å². The first-order valence-electron chi connectivity index (χ1n) is 6.29. The predicted octanol–water partition coefficient (Wildman–Crippen LogP) is 2.02. The summed E-state index contributed by atoms with van der Waals surface area (Å²) in [7, 11) is -2.28. The second-order valence-corrected chi connectivity index (χ2v) is 7.08. The lowest BCUT2D eigenvalue weighted by Gasteiger charge is -2.10. The molecule has 0 radical (unpaired) electrons. The molecular formula is C13H19ClN2O3S. The first-order valence-corrected chi connectivity index (χ1v) is 8.15. The Hall–Kier alpha value is -1.11. The summed E-state index contributed by atoms with van der Waals surface area (Å²) in [5, 5.41) is 2.95. The largest absolute Gasteiger partial charge is 0.352 e. The van der Waals surface area contributed by atoms with Gasteiger partial charge in [-0.1, -0.05) is 25.4 Å². The lowest BCUT2D eigenvalue weighted by molar-refractivity contribution is 0.0952. The predicted molar refractivity (Wildman–Crippen MR) is 79.5 cm³/mol. The number of sulfonamides is 1. The van der Waals surface area contributed by atoms with Crippen molar-refractivity contribution in [3.05, 3.63) is 28.8 Å². The summed E-state index contributed by atoms with van der Waals surface area (Å²) in [5.41, 5.74) is 0.159. The molecule has 20 heavy (non-hydrogen) atoms. The molecule has 0 saturated heterocycles. The lowest BCUT2D eigenvalue weighted by Crippen LogP contribution is -2.26. The van der Waals surface area contributed by atoms with Crippen LogP contribution >= 0.6 is 11.6 Å². The smallest absolute Gasteiger partial charge is 0.252 e. The maximum Gasteiger partial charge on any atom is 0.252 e. The minimum Gasteiger partial charge on any atom is -0.352 e. The average molecular weight is 319 g/mol. The van der Waals surface area contributed by atoms with Crippen LogP contribution in [0.3, 0.4) is 0 Å². The molecule has 0 heterocycles. The Kier molecular flexibility index (Phi) is 5.98. The topological polar surface area (TPSA) is 75.3 Å². The van der Waals surface area contributed by atoms with E-state index in [1.165, 1.54) is 25.2 Å². The Labute approximate surface area is 124 Å². The first-order chi connectivity index (χ1) is 9.27. The normalized spacial score (nSPS) is 11.7. The summed E-state index contributed by atoms with van der Waals surface area (Å²) in [4.78, 5) is 12.0. The molecule has 7 heteroatoms. The van der Waals surface area contributed by atoms with Crippen molar-refractivity contribution < 1.29 is 13.2 Å². The summed E-state index contributed by atoms with van der Waals surface area (Å²) in [5.74, 6) is 0.102. The van der Waals surface area contributed by atoms with E-state index in [0.717, 1.165) is 6.42 Å². The third kappa shape index (κ3) is 4.47. The van der Waals surface area contributed by atoms with Gasteiger partial charge in [-0.2, -0.15) is 0 Å². The summed E-state index contributed by atoms with van der Waals surface area (Å²) in [6.45, 7) is 4.63. The number of nitrogens with one attached hydrogen (secondary N) is 2. The van der Waals surface area contributed by atoms with E-state index in [-0.39, 0.29) is 21.4 Å². The van der Waals surface area contributed by atoms with Crippen molar-refractivity contribution in [2.24, 2.45) is 5.92 Å². The molecule has 2 N–H and O–H groups in total. The van der Waals surface area contributed by atoms with E-state index in [4.69, 9.17) is 11.6 Å². The number of rotatable bonds is 6. The van der Waals surface area contributed by atoms with Gasteiger partial charge in [-0.05, 0) is 37.6 Å². The molecule has 5 nitrogen and oxygen atoms in total. The standard InChI is InChI=1S/C13H19ClN2O3S/c1-9(2)6-7-16-13(17)11-8-10(4-5-12(11)14)20(18,19)15-3/h4-5,8-9,15H,6-7H2,1-3H3,(H,16,17). The molecule has 0 unspecified atom stereocenters. The number of halogens is 1. The van der Waals surface area contributed by atoms with E-state index in [1.807, 2.05) is 0 Å². The monoisotopic (exact) mass is 318 g/mol. The molecule has 1 aromatic rings. The molecule has 0 spiro atoms. The van der Waals surface area contributed by atoms with Crippen molar-refractivity contribution in [1.82, 2.24) is 10.0 Å². The molecule has 0 aliphatic carbocycles. The number of hydrogen-bond acceptors (Lipinski definition) is 3. The fourth-order valence-electron chi connectivity index (χ4n) is 1.53. The first kappa shape index (κ1) is 16.9. The van der Waals surface area contributed by atoms with Crippen LogP contribution in [0.5, 0.6) is 0 Å². The third-order valence-corrected chi connectivity index (χ3v) is 4.51. The Morgan fingerprint density at radius 2 is 2.00 bits per heavy atom. The summed E-state index contributed by atoms with van der Waals surface area (Å²) in [6, 6.07) is 4.04. The highest BCUT2D eigenvalue weighted by molar-refractivity contribution is 7.89. The van der Waals surface area contributed by atoms with E-state index in [2.05, 4.69) is 23.9 Å². The van der Waals surface area contributed by atoms with Crippen LogP contribution in [0.2, 0.25) is 5.02 Å². The minimum absolute atomic E-state index is 0.0124. The van der Waals surface area contributed by atoms with E-state index < -0.39 is 10.0 Å². The highest BCUT2D eigenvalue weighted by Gasteiger charge is 2.17. The van der Waals surface area contributed by atoms with Crippen LogP contribution in [0.4, 0.5) is 0 Å². The number of carbonyl (C=O) groups excluding carboxylic acids is 1. The van der Waals surface area contributed by atoms with Crippen LogP contribution in [0.1, 0.15) is 30.6 Å². The zero-order chi connectivity index (χ0) is 15.3. The molecule has 0 aromatic heterocycles. The highest BCUT2D eigenvalue weighted by atomic mass is 35.5. The molecule has 1 aromatic carbocycles. The molecule has 1 amide bonds. The van der Waals surface area contributed by atoms with Gasteiger partial charge in [-0.3, -0.25) is 4.79 Å². The van der Waals surface area contributed by atoms with Gasteiger partial charge in [0.15, 0.2) is 0 Å². The van der Waals surface area contributed by atoms with Crippen LogP contribution in [-0.4, -0.2) is 27.9 Å². The van der Waals surface area contributed by atoms with Crippen molar-refractivity contribution in [2.75, 3.05) is 13.6 Å². The van der Waals surface area contributed by atoms with Crippen LogP contribution in [0.15, 0.2) is 23.1 Å². The summed E-state index contributed by atoms with van der Waals surface area (Å²) < 4.78 is 25.6. The number of amides is 1. The minimum atomic E-state index is -3.59. The Balaban J connectivity index is 2.94. The van der Waals surface area contributed by atoms with E-state index >= 15 is 0 Å². The van der Waals surface area contributed by atoms with E-state index in [9.17, 15) is 13.2 Å². The molecule has 0 aliphatic rings. The maximum absolute atomic E-state index is 12.0. The zero-order valence-electron chi connectivity index (χ0n) is 11.7. The second-order valence-electron chi connectivity index (χ2n) is 4.79. The molecular weight excluding hydrogens is 300 g/mol. The Morgan fingerprint density at radius 1 is 1.35 bits per heavy atom. The Morgan fingerprint density at radius 3 is 2.55 bits per heavy atom. The fourth-order valence-corrected chi connectivity index (χ4v) is 2.49. The SMILES string of the molecule is CNS(=O)(=O)c1ccc(Cl)c(C(=O)NCCC(C)C)c1. The Bertz CT molecular complexity index is 585. The quantitative estimate of drug-likeness (QED) is 0.842. The van der Waals surface area contributed by atoms with Crippen molar-refractivity contribution in [3.8, 4) is 0 Å². The van der Waals surface area contributed by atoms with Gasteiger partial charge in [0.2, 0.25) is 10.0 Å². The third-order valence-electron chi connectivity index (χ3n) is 2.77. The maximum atomic E-state index is 12.0. The van der Waals surface area contributed by atoms with Gasteiger partial charge in [0.1, 0.15) is 0 Å². The summed E-state index contributed by atoms with van der Waals surface area (Å²) >= 11 is 5.95. The second kappa shape index (κ2) is 7.06. The molecule has 0 aliphatic heterocycles.